The van der Waals surface area contributed by atoms with E-state index in [1.165, 1.54) is 11.1 Å². The van der Waals surface area contributed by atoms with E-state index in [0.717, 1.165) is 50.7 Å². The minimum absolute atomic E-state index is 0.160. The van der Waals surface area contributed by atoms with Crippen LogP contribution in [-0.2, 0) is 11.3 Å². The standard InChI is InChI=1S/C21H28N2O3/c1-16-7-8-21(26-16)18-6-3-2-5-17(18)13-22-9-4-10-23(12-11-22)19-14-25-15-20(19)24/h2-3,5-8,19-20,24H,4,9-15H2,1H3/t19-,20-/m1/s1. The zero-order valence-corrected chi connectivity index (χ0v) is 15.4. The van der Waals surface area contributed by atoms with Crippen LogP contribution in [0, 0.1) is 6.92 Å². The van der Waals surface area contributed by atoms with Gasteiger partial charge in [0.25, 0.3) is 0 Å². The Bertz CT molecular complexity index is 730. The fraction of sp³-hybridized carbons (Fsp3) is 0.524. The van der Waals surface area contributed by atoms with Crippen molar-refractivity contribution in [3.8, 4) is 11.3 Å². The molecule has 2 aromatic rings. The first-order valence-corrected chi connectivity index (χ1v) is 9.57. The second kappa shape index (κ2) is 7.92. The highest BCUT2D eigenvalue weighted by molar-refractivity contribution is 5.62. The van der Waals surface area contributed by atoms with E-state index in [4.69, 9.17) is 9.15 Å². The molecule has 0 saturated carbocycles. The number of aryl methyl sites for hydroxylation is 1. The van der Waals surface area contributed by atoms with E-state index < -0.39 is 0 Å². The number of rotatable bonds is 4. The largest absolute Gasteiger partial charge is 0.461 e. The number of aliphatic hydroxyl groups is 1. The van der Waals surface area contributed by atoms with Gasteiger partial charge in [0, 0.05) is 25.2 Å². The smallest absolute Gasteiger partial charge is 0.134 e. The number of hydrogen-bond acceptors (Lipinski definition) is 5. The third kappa shape index (κ3) is 3.86. The summed E-state index contributed by atoms with van der Waals surface area (Å²) in [6.45, 7) is 8.13. The Morgan fingerprint density at radius 3 is 2.69 bits per heavy atom. The SMILES string of the molecule is Cc1ccc(-c2ccccc2CN2CCCN([C@@H]3COC[C@H]3O)CC2)o1. The summed E-state index contributed by atoms with van der Waals surface area (Å²) >= 11 is 0. The molecule has 5 heteroatoms. The molecule has 2 saturated heterocycles. The van der Waals surface area contributed by atoms with Gasteiger partial charge < -0.3 is 14.3 Å². The molecule has 0 bridgehead atoms. The van der Waals surface area contributed by atoms with Crippen LogP contribution in [-0.4, -0.2) is 66.4 Å². The highest BCUT2D eigenvalue weighted by Crippen LogP contribution is 2.27. The van der Waals surface area contributed by atoms with Crippen molar-refractivity contribution in [2.45, 2.75) is 32.0 Å². The Kier molecular flexibility index (Phi) is 5.41. The molecule has 26 heavy (non-hydrogen) atoms. The average molecular weight is 356 g/mol. The minimum Gasteiger partial charge on any atom is -0.461 e. The van der Waals surface area contributed by atoms with Crippen LogP contribution >= 0.6 is 0 Å². The zero-order valence-electron chi connectivity index (χ0n) is 15.4. The summed E-state index contributed by atoms with van der Waals surface area (Å²) in [5.74, 6) is 1.89. The maximum atomic E-state index is 10.1. The fourth-order valence-corrected chi connectivity index (χ4v) is 4.08. The lowest BCUT2D eigenvalue weighted by Crippen LogP contribution is -2.44. The Morgan fingerprint density at radius 1 is 1.04 bits per heavy atom. The Labute approximate surface area is 155 Å². The third-order valence-corrected chi connectivity index (χ3v) is 5.53. The second-order valence-corrected chi connectivity index (χ2v) is 7.41. The quantitative estimate of drug-likeness (QED) is 0.912. The zero-order chi connectivity index (χ0) is 17.9. The average Bonchev–Trinajstić information content (AvgIpc) is 3.19. The maximum absolute atomic E-state index is 10.1. The number of hydrogen-bond donors (Lipinski definition) is 1. The summed E-state index contributed by atoms with van der Waals surface area (Å²) in [6.07, 6.45) is 0.773. The van der Waals surface area contributed by atoms with E-state index in [0.29, 0.717) is 13.2 Å². The van der Waals surface area contributed by atoms with Gasteiger partial charge in [0.2, 0.25) is 0 Å². The van der Waals surface area contributed by atoms with Crippen LogP contribution in [0.4, 0.5) is 0 Å². The first-order chi connectivity index (χ1) is 12.7. The van der Waals surface area contributed by atoms with Gasteiger partial charge in [-0.2, -0.15) is 0 Å². The summed E-state index contributed by atoms with van der Waals surface area (Å²) in [7, 11) is 0. The molecule has 3 heterocycles. The van der Waals surface area contributed by atoms with Crippen LogP contribution < -0.4 is 0 Å². The maximum Gasteiger partial charge on any atom is 0.134 e. The summed E-state index contributed by atoms with van der Waals surface area (Å²) in [6, 6.07) is 12.8. The summed E-state index contributed by atoms with van der Waals surface area (Å²) < 4.78 is 11.3. The van der Waals surface area contributed by atoms with E-state index in [-0.39, 0.29) is 12.1 Å². The topological polar surface area (TPSA) is 49.1 Å². The monoisotopic (exact) mass is 356 g/mol. The van der Waals surface area contributed by atoms with Gasteiger partial charge in [-0.3, -0.25) is 9.80 Å². The predicted molar refractivity (Wildman–Crippen MR) is 101 cm³/mol. The molecule has 2 aliphatic rings. The second-order valence-electron chi connectivity index (χ2n) is 7.41. The van der Waals surface area contributed by atoms with Crippen molar-refractivity contribution in [3.05, 3.63) is 47.7 Å². The number of nitrogens with zero attached hydrogens (tertiary/aromatic N) is 2. The van der Waals surface area contributed by atoms with Crippen LogP contribution in [0.5, 0.6) is 0 Å². The molecule has 2 aliphatic heterocycles. The highest BCUT2D eigenvalue weighted by atomic mass is 16.5. The molecular weight excluding hydrogens is 328 g/mol. The van der Waals surface area contributed by atoms with E-state index in [2.05, 4.69) is 40.1 Å². The lowest BCUT2D eigenvalue weighted by atomic mass is 10.0. The van der Waals surface area contributed by atoms with Crippen molar-refractivity contribution in [2.75, 3.05) is 39.4 Å². The normalized spacial score (nSPS) is 25.5. The molecule has 0 spiro atoms. The molecule has 0 radical (unpaired) electrons. The van der Waals surface area contributed by atoms with Crippen molar-refractivity contribution in [1.82, 2.24) is 9.80 Å². The van der Waals surface area contributed by atoms with Crippen molar-refractivity contribution in [2.24, 2.45) is 0 Å². The molecule has 0 aliphatic carbocycles. The summed E-state index contributed by atoms with van der Waals surface area (Å²) in [5.41, 5.74) is 2.49. The molecule has 0 amide bonds. The van der Waals surface area contributed by atoms with Crippen molar-refractivity contribution >= 4 is 0 Å². The van der Waals surface area contributed by atoms with Crippen molar-refractivity contribution in [1.29, 1.82) is 0 Å². The first-order valence-electron chi connectivity index (χ1n) is 9.57. The number of furan rings is 1. The Balaban J connectivity index is 1.43. The van der Waals surface area contributed by atoms with Crippen molar-refractivity contribution < 1.29 is 14.3 Å². The van der Waals surface area contributed by atoms with Gasteiger partial charge in [-0.1, -0.05) is 24.3 Å². The molecule has 5 nitrogen and oxygen atoms in total. The molecule has 140 valence electrons. The van der Waals surface area contributed by atoms with E-state index in [1.807, 2.05) is 13.0 Å². The Morgan fingerprint density at radius 2 is 1.92 bits per heavy atom. The van der Waals surface area contributed by atoms with Crippen LogP contribution in [0.1, 0.15) is 17.7 Å². The van der Waals surface area contributed by atoms with E-state index in [9.17, 15) is 5.11 Å². The molecular formula is C21H28N2O3. The van der Waals surface area contributed by atoms with Crippen LogP contribution in [0.2, 0.25) is 0 Å². The van der Waals surface area contributed by atoms with Gasteiger partial charge >= 0.3 is 0 Å². The number of benzene rings is 1. The molecule has 1 aromatic carbocycles. The van der Waals surface area contributed by atoms with E-state index >= 15 is 0 Å². The van der Waals surface area contributed by atoms with Crippen molar-refractivity contribution in [3.63, 3.8) is 0 Å². The van der Waals surface area contributed by atoms with Crippen LogP contribution in [0.25, 0.3) is 11.3 Å². The van der Waals surface area contributed by atoms with Crippen LogP contribution in [0.3, 0.4) is 0 Å². The third-order valence-electron chi connectivity index (χ3n) is 5.53. The first kappa shape index (κ1) is 17.7. The highest BCUT2D eigenvalue weighted by Gasteiger charge is 2.32. The number of ether oxygens (including phenoxy) is 1. The fourth-order valence-electron chi connectivity index (χ4n) is 4.08. The van der Waals surface area contributed by atoms with Gasteiger partial charge in [-0.05, 0) is 44.1 Å². The van der Waals surface area contributed by atoms with Gasteiger partial charge in [0.1, 0.15) is 11.5 Å². The summed E-state index contributed by atoms with van der Waals surface area (Å²) in [4.78, 5) is 4.91. The molecule has 2 atom stereocenters. The minimum atomic E-state index is -0.343. The lowest BCUT2D eigenvalue weighted by molar-refractivity contribution is 0.0837. The number of aliphatic hydroxyl groups excluding tert-OH is 1. The lowest BCUT2D eigenvalue weighted by Gasteiger charge is -2.28. The van der Waals surface area contributed by atoms with Gasteiger partial charge in [-0.25, -0.2) is 0 Å². The molecule has 4 rings (SSSR count). The molecule has 0 unspecified atom stereocenters. The van der Waals surface area contributed by atoms with E-state index in [1.54, 1.807) is 0 Å². The van der Waals surface area contributed by atoms with Crippen LogP contribution in [0.15, 0.2) is 40.8 Å². The van der Waals surface area contributed by atoms with Gasteiger partial charge in [0.15, 0.2) is 0 Å². The molecule has 1 aromatic heterocycles. The predicted octanol–water partition coefficient (Wildman–Crippen LogP) is 2.52. The molecule has 2 fully saturated rings. The molecule has 1 N–H and O–H groups in total. The van der Waals surface area contributed by atoms with Gasteiger partial charge in [-0.15, -0.1) is 0 Å². The van der Waals surface area contributed by atoms with Gasteiger partial charge in [0.05, 0.1) is 25.4 Å². The Hall–Kier alpha value is -1.66. The summed E-state index contributed by atoms with van der Waals surface area (Å²) in [5, 5.41) is 10.1.